The van der Waals surface area contributed by atoms with E-state index in [4.69, 9.17) is 4.74 Å². The van der Waals surface area contributed by atoms with Crippen LogP contribution in [-0.4, -0.2) is 29.0 Å². The van der Waals surface area contributed by atoms with E-state index >= 15 is 0 Å². The third kappa shape index (κ3) is 3.78. The number of imide groups is 1. The molecule has 22 heavy (non-hydrogen) atoms. The number of aromatic nitrogens is 1. The summed E-state index contributed by atoms with van der Waals surface area (Å²) in [5, 5.41) is 2.09. The van der Waals surface area contributed by atoms with Gasteiger partial charge in [-0.2, -0.15) is 0 Å². The van der Waals surface area contributed by atoms with Crippen molar-refractivity contribution in [1.29, 1.82) is 0 Å². The lowest BCUT2D eigenvalue weighted by atomic mass is 10.2. The molecule has 0 aliphatic rings. The number of rotatable bonds is 4. The second-order valence-corrected chi connectivity index (χ2v) is 4.47. The standard InChI is InChI=1S/C15H13FN2O4/c1-18-7-3-6-12(18)14(20)17-13(19)9-22-15(21)10-4-2-5-11(16)8-10/h2-8H,9H2,1H3,(H,17,19,20). The largest absolute Gasteiger partial charge is 0.452 e. The normalized spacial score (nSPS) is 10.1. The molecule has 0 saturated heterocycles. The molecule has 2 amide bonds. The molecule has 0 aliphatic heterocycles. The molecule has 0 fully saturated rings. The monoisotopic (exact) mass is 304 g/mol. The molecule has 7 heteroatoms. The van der Waals surface area contributed by atoms with E-state index in [1.165, 1.54) is 18.2 Å². The van der Waals surface area contributed by atoms with Crippen LogP contribution in [0, 0.1) is 5.82 Å². The third-order valence-corrected chi connectivity index (χ3v) is 2.82. The minimum Gasteiger partial charge on any atom is -0.452 e. The summed E-state index contributed by atoms with van der Waals surface area (Å²) in [4.78, 5) is 34.9. The van der Waals surface area contributed by atoms with Crippen molar-refractivity contribution in [2.24, 2.45) is 7.05 Å². The van der Waals surface area contributed by atoms with E-state index in [1.54, 1.807) is 29.9 Å². The lowest BCUT2D eigenvalue weighted by Crippen LogP contribution is -2.35. The van der Waals surface area contributed by atoms with Crippen molar-refractivity contribution in [2.75, 3.05) is 6.61 Å². The Morgan fingerprint density at radius 2 is 2.00 bits per heavy atom. The van der Waals surface area contributed by atoms with Crippen LogP contribution < -0.4 is 5.32 Å². The van der Waals surface area contributed by atoms with E-state index < -0.39 is 30.2 Å². The Morgan fingerprint density at radius 3 is 2.64 bits per heavy atom. The maximum absolute atomic E-state index is 13.0. The quantitative estimate of drug-likeness (QED) is 0.863. The topological polar surface area (TPSA) is 77.4 Å². The summed E-state index contributed by atoms with van der Waals surface area (Å²) < 4.78 is 19.2. The van der Waals surface area contributed by atoms with Crippen LogP contribution in [0.1, 0.15) is 20.8 Å². The van der Waals surface area contributed by atoms with E-state index in [9.17, 15) is 18.8 Å². The molecule has 1 aromatic heterocycles. The fourth-order valence-corrected chi connectivity index (χ4v) is 1.75. The molecule has 1 heterocycles. The molecule has 0 spiro atoms. The third-order valence-electron chi connectivity index (χ3n) is 2.82. The zero-order chi connectivity index (χ0) is 16.1. The van der Waals surface area contributed by atoms with Crippen molar-refractivity contribution in [3.63, 3.8) is 0 Å². The fraction of sp³-hybridized carbons (Fsp3) is 0.133. The maximum atomic E-state index is 13.0. The smallest absolute Gasteiger partial charge is 0.338 e. The molecule has 2 rings (SSSR count). The molecule has 0 atom stereocenters. The van der Waals surface area contributed by atoms with Gasteiger partial charge in [-0.1, -0.05) is 6.07 Å². The van der Waals surface area contributed by atoms with Crippen molar-refractivity contribution < 1.29 is 23.5 Å². The summed E-state index contributed by atoms with van der Waals surface area (Å²) in [5.74, 6) is -2.80. The Morgan fingerprint density at radius 1 is 1.23 bits per heavy atom. The van der Waals surface area contributed by atoms with Gasteiger partial charge in [0.1, 0.15) is 11.5 Å². The predicted molar refractivity (Wildman–Crippen MR) is 74.6 cm³/mol. The zero-order valence-electron chi connectivity index (χ0n) is 11.7. The van der Waals surface area contributed by atoms with Gasteiger partial charge in [0.05, 0.1) is 5.56 Å². The number of aryl methyl sites for hydroxylation is 1. The number of amides is 2. The van der Waals surface area contributed by atoms with Gasteiger partial charge >= 0.3 is 5.97 Å². The van der Waals surface area contributed by atoms with Crippen LogP contribution >= 0.6 is 0 Å². The van der Waals surface area contributed by atoms with Gasteiger partial charge in [-0.15, -0.1) is 0 Å². The Bertz CT molecular complexity index is 724. The SMILES string of the molecule is Cn1cccc1C(=O)NC(=O)COC(=O)c1cccc(F)c1. The lowest BCUT2D eigenvalue weighted by molar-refractivity contribution is -0.123. The second kappa shape index (κ2) is 6.66. The van der Waals surface area contributed by atoms with E-state index in [0.29, 0.717) is 5.69 Å². The Labute approximate surface area is 125 Å². The molecule has 0 unspecified atom stereocenters. The zero-order valence-corrected chi connectivity index (χ0v) is 11.7. The summed E-state index contributed by atoms with van der Waals surface area (Å²) in [6, 6.07) is 8.09. The van der Waals surface area contributed by atoms with Crippen molar-refractivity contribution in [2.45, 2.75) is 0 Å². The van der Waals surface area contributed by atoms with Crippen molar-refractivity contribution >= 4 is 17.8 Å². The summed E-state index contributed by atoms with van der Waals surface area (Å²) in [7, 11) is 1.66. The van der Waals surface area contributed by atoms with E-state index in [1.807, 2.05) is 0 Å². The van der Waals surface area contributed by atoms with Gasteiger partial charge in [-0.3, -0.25) is 14.9 Å². The first kappa shape index (κ1) is 15.4. The van der Waals surface area contributed by atoms with E-state index in [-0.39, 0.29) is 5.56 Å². The van der Waals surface area contributed by atoms with Gasteiger partial charge in [-0.05, 0) is 30.3 Å². The van der Waals surface area contributed by atoms with Crippen LogP contribution in [0.3, 0.4) is 0 Å². The van der Waals surface area contributed by atoms with Crippen LogP contribution in [0.5, 0.6) is 0 Å². The molecule has 6 nitrogen and oxygen atoms in total. The van der Waals surface area contributed by atoms with Crippen LogP contribution in [0.2, 0.25) is 0 Å². The van der Waals surface area contributed by atoms with Gasteiger partial charge in [0.2, 0.25) is 0 Å². The number of benzene rings is 1. The highest BCUT2D eigenvalue weighted by Gasteiger charge is 2.15. The number of carbonyl (C=O) groups excluding carboxylic acids is 3. The van der Waals surface area contributed by atoms with Crippen LogP contribution in [0.15, 0.2) is 42.6 Å². The Kier molecular flexibility index (Phi) is 4.67. The summed E-state index contributed by atoms with van der Waals surface area (Å²) in [6.07, 6.45) is 1.66. The number of carbonyl (C=O) groups is 3. The lowest BCUT2D eigenvalue weighted by Gasteiger charge is -2.06. The first-order valence-electron chi connectivity index (χ1n) is 6.35. The van der Waals surface area contributed by atoms with Gasteiger partial charge in [0.25, 0.3) is 11.8 Å². The molecule has 114 valence electrons. The average Bonchev–Trinajstić information content (AvgIpc) is 2.91. The Hall–Kier alpha value is -2.96. The number of hydrogen-bond acceptors (Lipinski definition) is 4. The maximum Gasteiger partial charge on any atom is 0.338 e. The highest BCUT2D eigenvalue weighted by Crippen LogP contribution is 2.05. The minimum absolute atomic E-state index is 0.0124. The Balaban J connectivity index is 1.87. The summed E-state index contributed by atoms with van der Waals surface area (Å²) >= 11 is 0. The van der Waals surface area contributed by atoms with Crippen molar-refractivity contribution in [1.82, 2.24) is 9.88 Å². The first-order chi connectivity index (χ1) is 10.5. The molecule has 0 saturated carbocycles. The molecule has 0 aliphatic carbocycles. The van der Waals surface area contributed by atoms with Gasteiger partial charge in [0, 0.05) is 13.2 Å². The molecule has 0 radical (unpaired) electrons. The van der Waals surface area contributed by atoms with Crippen molar-refractivity contribution in [3.8, 4) is 0 Å². The van der Waals surface area contributed by atoms with Gasteiger partial charge < -0.3 is 9.30 Å². The van der Waals surface area contributed by atoms with E-state index in [2.05, 4.69) is 5.32 Å². The number of nitrogens with zero attached hydrogens (tertiary/aromatic N) is 1. The number of halogens is 1. The molecule has 1 N–H and O–H groups in total. The number of esters is 1. The number of ether oxygens (including phenoxy) is 1. The average molecular weight is 304 g/mol. The van der Waals surface area contributed by atoms with Crippen LogP contribution in [0.4, 0.5) is 4.39 Å². The first-order valence-corrected chi connectivity index (χ1v) is 6.35. The van der Waals surface area contributed by atoms with Gasteiger partial charge in [0.15, 0.2) is 6.61 Å². The highest BCUT2D eigenvalue weighted by molar-refractivity contribution is 6.04. The summed E-state index contributed by atoms with van der Waals surface area (Å²) in [6.45, 7) is -0.633. The highest BCUT2D eigenvalue weighted by atomic mass is 19.1. The molecular formula is C15H13FN2O4. The van der Waals surface area contributed by atoms with Crippen LogP contribution in [-0.2, 0) is 16.6 Å². The number of nitrogens with one attached hydrogen (secondary N) is 1. The molecule has 2 aromatic rings. The van der Waals surface area contributed by atoms with Crippen LogP contribution in [0.25, 0.3) is 0 Å². The molecule has 1 aromatic carbocycles. The molecule has 0 bridgehead atoms. The van der Waals surface area contributed by atoms with Gasteiger partial charge in [-0.25, -0.2) is 9.18 Å². The molecular weight excluding hydrogens is 291 g/mol. The number of hydrogen-bond donors (Lipinski definition) is 1. The second-order valence-electron chi connectivity index (χ2n) is 4.47. The predicted octanol–water partition coefficient (Wildman–Crippen LogP) is 1.28. The fourth-order valence-electron chi connectivity index (χ4n) is 1.75. The summed E-state index contributed by atoms with van der Waals surface area (Å²) in [5.41, 5.74) is 0.284. The minimum atomic E-state index is -0.846. The van der Waals surface area contributed by atoms with E-state index in [0.717, 1.165) is 6.07 Å². The van der Waals surface area contributed by atoms with Crippen molar-refractivity contribution in [3.05, 3.63) is 59.7 Å².